The lowest BCUT2D eigenvalue weighted by atomic mass is 9.74. The van der Waals surface area contributed by atoms with Crippen molar-refractivity contribution < 1.29 is 9.90 Å². The molecule has 1 aliphatic rings. The minimum absolute atomic E-state index is 0.134. The summed E-state index contributed by atoms with van der Waals surface area (Å²) in [6.07, 6.45) is 5.43. The maximum Gasteiger partial charge on any atom is 0.252 e. The van der Waals surface area contributed by atoms with E-state index in [-0.39, 0.29) is 17.9 Å². The number of halogens is 1. The van der Waals surface area contributed by atoms with E-state index in [0.717, 1.165) is 31.2 Å². The zero-order valence-electron chi connectivity index (χ0n) is 11.9. The third-order valence-electron chi connectivity index (χ3n) is 4.31. The molecule has 0 aliphatic heterocycles. The van der Waals surface area contributed by atoms with Gasteiger partial charge in [-0.05, 0) is 31.4 Å². The van der Waals surface area contributed by atoms with Crippen LogP contribution in [0.1, 0.15) is 48.0 Å². The average Bonchev–Trinajstić information content (AvgIpc) is 2.48. The van der Waals surface area contributed by atoms with Crippen molar-refractivity contribution in [1.29, 1.82) is 0 Å². The van der Waals surface area contributed by atoms with Crippen LogP contribution >= 0.6 is 11.6 Å². The number of aryl methyl sites for hydroxylation is 1. The maximum absolute atomic E-state index is 12.2. The number of rotatable bonds is 4. The van der Waals surface area contributed by atoms with E-state index in [1.54, 1.807) is 6.07 Å². The predicted molar refractivity (Wildman–Crippen MR) is 81.1 cm³/mol. The molecule has 110 valence electrons. The van der Waals surface area contributed by atoms with Gasteiger partial charge in [0.1, 0.15) is 0 Å². The minimum Gasteiger partial charge on any atom is -0.396 e. The highest BCUT2D eigenvalue weighted by atomic mass is 35.5. The molecule has 4 heteroatoms. The quantitative estimate of drug-likeness (QED) is 0.895. The van der Waals surface area contributed by atoms with Crippen LogP contribution in [0, 0.1) is 12.3 Å². The zero-order valence-corrected chi connectivity index (χ0v) is 12.7. The molecule has 0 spiro atoms. The lowest BCUT2D eigenvalue weighted by Gasteiger charge is -2.35. The van der Waals surface area contributed by atoms with Crippen LogP contribution in [0.5, 0.6) is 0 Å². The van der Waals surface area contributed by atoms with Crippen LogP contribution < -0.4 is 5.32 Å². The molecule has 2 rings (SSSR count). The number of aliphatic hydroxyl groups excluding tert-OH is 1. The molecule has 20 heavy (non-hydrogen) atoms. The molecular formula is C16H22ClNO2. The number of aliphatic hydroxyl groups is 1. The van der Waals surface area contributed by atoms with Crippen LogP contribution in [0.15, 0.2) is 18.2 Å². The topological polar surface area (TPSA) is 49.3 Å². The van der Waals surface area contributed by atoms with Gasteiger partial charge in [-0.3, -0.25) is 4.79 Å². The van der Waals surface area contributed by atoms with Gasteiger partial charge < -0.3 is 10.4 Å². The highest BCUT2D eigenvalue weighted by Crippen LogP contribution is 2.35. The van der Waals surface area contributed by atoms with Crippen LogP contribution in [-0.4, -0.2) is 24.2 Å². The fourth-order valence-electron chi connectivity index (χ4n) is 2.88. The first-order valence-electron chi connectivity index (χ1n) is 7.22. The molecule has 0 bridgehead atoms. The number of hydrogen-bond donors (Lipinski definition) is 2. The van der Waals surface area contributed by atoms with Crippen molar-refractivity contribution in [2.75, 3.05) is 13.2 Å². The number of benzene rings is 1. The van der Waals surface area contributed by atoms with E-state index < -0.39 is 0 Å². The Kier molecular flexibility index (Phi) is 5.06. The van der Waals surface area contributed by atoms with E-state index in [1.165, 1.54) is 6.42 Å². The second-order valence-corrected chi connectivity index (χ2v) is 6.22. The Hall–Kier alpha value is -1.06. The van der Waals surface area contributed by atoms with Crippen LogP contribution in [-0.2, 0) is 0 Å². The predicted octanol–water partition coefficient (Wildman–Crippen LogP) is 3.32. The molecule has 1 aromatic carbocycles. The summed E-state index contributed by atoms with van der Waals surface area (Å²) >= 11 is 6.17. The summed E-state index contributed by atoms with van der Waals surface area (Å²) in [7, 11) is 0. The van der Waals surface area contributed by atoms with Crippen molar-refractivity contribution in [3.8, 4) is 0 Å². The third kappa shape index (κ3) is 3.33. The number of nitrogens with one attached hydrogen (secondary N) is 1. The highest BCUT2D eigenvalue weighted by molar-refractivity contribution is 6.34. The van der Waals surface area contributed by atoms with Crippen LogP contribution in [0.3, 0.4) is 0 Å². The zero-order chi connectivity index (χ0) is 14.6. The second kappa shape index (κ2) is 6.59. The van der Waals surface area contributed by atoms with E-state index in [2.05, 4.69) is 5.32 Å². The Bertz CT molecular complexity index is 481. The normalized spacial score (nSPS) is 17.8. The van der Waals surface area contributed by atoms with E-state index in [0.29, 0.717) is 17.1 Å². The van der Waals surface area contributed by atoms with Crippen molar-refractivity contribution in [2.24, 2.45) is 5.41 Å². The number of hydrogen-bond acceptors (Lipinski definition) is 2. The van der Waals surface area contributed by atoms with Gasteiger partial charge in [0.15, 0.2) is 0 Å². The Labute approximate surface area is 125 Å². The van der Waals surface area contributed by atoms with Gasteiger partial charge in [-0.2, -0.15) is 0 Å². The second-order valence-electron chi connectivity index (χ2n) is 5.84. The summed E-state index contributed by atoms with van der Waals surface area (Å²) in [6, 6.07) is 5.45. The van der Waals surface area contributed by atoms with Gasteiger partial charge in [0, 0.05) is 12.0 Å². The average molecular weight is 296 g/mol. The van der Waals surface area contributed by atoms with E-state index in [1.807, 2.05) is 19.1 Å². The van der Waals surface area contributed by atoms with Gasteiger partial charge in [-0.15, -0.1) is 0 Å². The molecular weight excluding hydrogens is 274 g/mol. The van der Waals surface area contributed by atoms with E-state index >= 15 is 0 Å². The molecule has 2 N–H and O–H groups in total. The summed E-state index contributed by atoms with van der Waals surface area (Å²) in [5.41, 5.74) is 1.26. The van der Waals surface area contributed by atoms with Crippen molar-refractivity contribution in [1.82, 2.24) is 5.32 Å². The Morgan fingerprint density at radius 2 is 2.05 bits per heavy atom. The molecule has 0 atom stereocenters. The van der Waals surface area contributed by atoms with Gasteiger partial charge in [-0.25, -0.2) is 0 Å². The largest absolute Gasteiger partial charge is 0.396 e. The Morgan fingerprint density at radius 1 is 1.35 bits per heavy atom. The number of amides is 1. The SMILES string of the molecule is Cc1cccc(C(=O)NCC2(CO)CCCCC2)c1Cl. The molecule has 0 unspecified atom stereocenters. The molecule has 0 radical (unpaired) electrons. The molecule has 1 amide bonds. The first-order valence-corrected chi connectivity index (χ1v) is 7.60. The number of carbonyl (C=O) groups is 1. The van der Waals surface area contributed by atoms with Crippen LogP contribution in [0.25, 0.3) is 0 Å². The fourth-order valence-corrected chi connectivity index (χ4v) is 3.09. The van der Waals surface area contributed by atoms with Crippen molar-refractivity contribution in [3.63, 3.8) is 0 Å². The molecule has 1 aliphatic carbocycles. The van der Waals surface area contributed by atoms with Crippen molar-refractivity contribution in [2.45, 2.75) is 39.0 Å². The first-order chi connectivity index (χ1) is 9.58. The fraction of sp³-hybridized carbons (Fsp3) is 0.562. The molecule has 0 saturated heterocycles. The first kappa shape index (κ1) is 15.3. The molecule has 3 nitrogen and oxygen atoms in total. The standard InChI is InChI=1S/C16H22ClNO2/c1-12-6-5-7-13(14(12)17)15(20)18-10-16(11-19)8-3-2-4-9-16/h5-7,19H,2-4,8-11H2,1H3,(H,18,20). The van der Waals surface area contributed by atoms with Gasteiger partial charge in [0.05, 0.1) is 17.2 Å². The summed E-state index contributed by atoms with van der Waals surface area (Å²) in [4.78, 5) is 12.2. The molecule has 1 saturated carbocycles. The van der Waals surface area contributed by atoms with E-state index in [4.69, 9.17) is 11.6 Å². The van der Waals surface area contributed by atoms with Gasteiger partial charge in [0.25, 0.3) is 5.91 Å². The summed E-state index contributed by atoms with van der Waals surface area (Å²) in [5, 5.41) is 13.1. The molecule has 1 fully saturated rings. The van der Waals surface area contributed by atoms with Crippen molar-refractivity contribution in [3.05, 3.63) is 34.3 Å². The minimum atomic E-state index is -0.155. The van der Waals surface area contributed by atoms with Crippen LogP contribution in [0.4, 0.5) is 0 Å². The Balaban J connectivity index is 2.02. The molecule has 1 aromatic rings. The monoisotopic (exact) mass is 295 g/mol. The third-order valence-corrected chi connectivity index (χ3v) is 4.81. The maximum atomic E-state index is 12.2. The summed E-state index contributed by atoms with van der Waals surface area (Å²) in [6.45, 7) is 2.54. The summed E-state index contributed by atoms with van der Waals surface area (Å²) < 4.78 is 0. The number of carbonyl (C=O) groups excluding carboxylic acids is 1. The van der Waals surface area contributed by atoms with Gasteiger partial charge in [-0.1, -0.05) is 43.0 Å². The molecule has 0 aromatic heterocycles. The van der Waals surface area contributed by atoms with Gasteiger partial charge in [0.2, 0.25) is 0 Å². The molecule has 0 heterocycles. The lowest BCUT2D eigenvalue weighted by Crippen LogP contribution is -2.41. The Morgan fingerprint density at radius 3 is 2.70 bits per heavy atom. The lowest BCUT2D eigenvalue weighted by molar-refractivity contribution is 0.0718. The van der Waals surface area contributed by atoms with Gasteiger partial charge >= 0.3 is 0 Å². The van der Waals surface area contributed by atoms with E-state index in [9.17, 15) is 9.90 Å². The summed E-state index contributed by atoms with van der Waals surface area (Å²) in [5.74, 6) is -0.155. The van der Waals surface area contributed by atoms with Crippen molar-refractivity contribution >= 4 is 17.5 Å². The highest BCUT2D eigenvalue weighted by Gasteiger charge is 2.31. The smallest absolute Gasteiger partial charge is 0.252 e. The van der Waals surface area contributed by atoms with Crippen LogP contribution in [0.2, 0.25) is 5.02 Å².